The summed E-state index contributed by atoms with van der Waals surface area (Å²) in [4.78, 5) is 12.4. The Balaban J connectivity index is 2.84. The van der Waals surface area contributed by atoms with E-state index in [2.05, 4.69) is 38.2 Å². The number of carbonyl (C=O) groups is 1. The zero-order chi connectivity index (χ0) is 16.0. The van der Waals surface area contributed by atoms with Crippen LogP contribution in [0.3, 0.4) is 0 Å². The third kappa shape index (κ3) is 4.77. The first kappa shape index (κ1) is 17.0. The minimum atomic E-state index is -0.775. The van der Waals surface area contributed by atoms with Crippen LogP contribution >= 0.6 is 0 Å². The fraction of sp³-hybridized carbons (Fsp3) is 0.500. The van der Waals surface area contributed by atoms with E-state index < -0.39 is 5.92 Å². The van der Waals surface area contributed by atoms with Crippen LogP contribution in [0.25, 0.3) is 0 Å². The third-order valence-electron chi connectivity index (χ3n) is 3.87. The fourth-order valence-corrected chi connectivity index (χ4v) is 1.82. The zero-order valence-electron chi connectivity index (χ0n) is 13.1. The summed E-state index contributed by atoms with van der Waals surface area (Å²) >= 11 is 0. The summed E-state index contributed by atoms with van der Waals surface area (Å²) in [6, 6.07) is 9.06. The monoisotopic (exact) mass is 291 g/mol. The molecule has 1 aromatic carbocycles. The molecular formula is C16H25N3O2. The van der Waals surface area contributed by atoms with Crippen molar-refractivity contribution in [1.29, 1.82) is 0 Å². The maximum atomic E-state index is 12.4. The molecule has 4 N–H and O–H groups in total. The lowest BCUT2D eigenvalue weighted by atomic mass is 9.82. The summed E-state index contributed by atoms with van der Waals surface area (Å²) in [6.07, 6.45) is 0. The second-order valence-electron chi connectivity index (χ2n) is 6.38. The maximum absolute atomic E-state index is 12.4. The van der Waals surface area contributed by atoms with Crippen LogP contribution < -0.4 is 11.1 Å². The molecule has 0 aromatic heterocycles. The second-order valence-corrected chi connectivity index (χ2v) is 6.38. The van der Waals surface area contributed by atoms with Crippen molar-refractivity contribution in [2.45, 2.75) is 33.6 Å². The molecule has 0 saturated heterocycles. The molecule has 5 heteroatoms. The molecule has 0 radical (unpaired) electrons. The van der Waals surface area contributed by atoms with Crippen molar-refractivity contribution in [2.75, 3.05) is 6.54 Å². The van der Waals surface area contributed by atoms with Crippen molar-refractivity contribution >= 4 is 11.7 Å². The van der Waals surface area contributed by atoms with Gasteiger partial charge in [-0.2, -0.15) is 0 Å². The van der Waals surface area contributed by atoms with Crippen LogP contribution in [0.4, 0.5) is 0 Å². The molecule has 5 nitrogen and oxygen atoms in total. The zero-order valence-corrected chi connectivity index (χ0v) is 13.1. The Kier molecular flexibility index (Phi) is 5.76. The summed E-state index contributed by atoms with van der Waals surface area (Å²) in [5, 5.41) is 14.8. The molecule has 0 aliphatic heterocycles. The quantitative estimate of drug-likeness (QED) is 0.337. The number of oxime groups is 1. The van der Waals surface area contributed by atoms with E-state index >= 15 is 0 Å². The third-order valence-corrected chi connectivity index (χ3v) is 3.87. The molecule has 2 unspecified atom stereocenters. The summed E-state index contributed by atoms with van der Waals surface area (Å²) in [5.41, 5.74) is 6.49. The molecule has 0 fully saturated rings. The topological polar surface area (TPSA) is 87.7 Å². The van der Waals surface area contributed by atoms with Gasteiger partial charge in [0.15, 0.2) is 5.84 Å². The molecule has 0 aliphatic carbocycles. The Morgan fingerprint density at radius 3 is 2.38 bits per heavy atom. The molecule has 0 aliphatic rings. The predicted molar refractivity (Wildman–Crippen MR) is 84.2 cm³/mol. The van der Waals surface area contributed by atoms with Gasteiger partial charge < -0.3 is 16.3 Å². The highest BCUT2D eigenvalue weighted by atomic mass is 16.4. The van der Waals surface area contributed by atoms with Crippen LogP contribution in [0.2, 0.25) is 0 Å². The van der Waals surface area contributed by atoms with Crippen molar-refractivity contribution in [2.24, 2.45) is 22.2 Å². The van der Waals surface area contributed by atoms with Gasteiger partial charge in [0.1, 0.15) is 5.92 Å². The van der Waals surface area contributed by atoms with Gasteiger partial charge in [-0.15, -0.1) is 0 Å². The van der Waals surface area contributed by atoms with Gasteiger partial charge in [-0.1, -0.05) is 63.2 Å². The van der Waals surface area contributed by atoms with Crippen LogP contribution in [0.5, 0.6) is 0 Å². The Morgan fingerprint density at radius 2 is 1.90 bits per heavy atom. The number of nitrogens with zero attached hydrogens (tertiary/aromatic N) is 1. The van der Waals surface area contributed by atoms with Crippen LogP contribution in [-0.4, -0.2) is 23.5 Å². The number of rotatable bonds is 5. The lowest BCUT2D eigenvalue weighted by Gasteiger charge is -2.28. The van der Waals surface area contributed by atoms with Crippen LogP contribution in [-0.2, 0) is 4.79 Å². The van der Waals surface area contributed by atoms with Gasteiger partial charge in [0.05, 0.1) is 0 Å². The highest BCUT2D eigenvalue weighted by Gasteiger charge is 2.27. The van der Waals surface area contributed by atoms with Crippen molar-refractivity contribution in [3.05, 3.63) is 35.9 Å². The maximum Gasteiger partial charge on any atom is 0.235 e. The summed E-state index contributed by atoms with van der Waals surface area (Å²) < 4.78 is 0. The molecule has 1 rings (SSSR count). The van der Waals surface area contributed by atoms with Gasteiger partial charge in [-0.05, 0) is 16.9 Å². The highest BCUT2D eigenvalue weighted by molar-refractivity contribution is 6.07. The lowest BCUT2D eigenvalue weighted by Crippen LogP contribution is -2.40. The molecular weight excluding hydrogens is 266 g/mol. The van der Waals surface area contributed by atoms with E-state index in [0.29, 0.717) is 18.0 Å². The molecule has 0 bridgehead atoms. The van der Waals surface area contributed by atoms with Crippen LogP contribution in [0.15, 0.2) is 35.5 Å². The largest absolute Gasteiger partial charge is 0.409 e. The van der Waals surface area contributed by atoms with E-state index in [0.717, 1.165) is 0 Å². The molecule has 1 amide bonds. The summed E-state index contributed by atoms with van der Waals surface area (Å²) in [5.74, 6) is -0.830. The van der Waals surface area contributed by atoms with Gasteiger partial charge in [0.2, 0.25) is 5.91 Å². The van der Waals surface area contributed by atoms with E-state index in [1.807, 2.05) is 18.2 Å². The lowest BCUT2D eigenvalue weighted by molar-refractivity contribution is -0.121. The number of amidine groups is 1. The Labute approximate surface area is 126 Å². The first-order chi connectivity index (χ1) is 9.77. The van der Waals surface area contributed by atoms with Gasteiger partial charge in [0.25, 0.3) is 0 Å². The molecule has 116 valence electrons. The molecule has 21 heavy (non-hydrogen) atoms. The first-order valence-electron chi connectivity index (χ1n) is 7.07. The SMILES string of the molecule is CC(CNC(=O)C(/C(N)=N/O)c1ccccc1)C(C)(C)C. The van der Waals surface area contributed by atoms with Crippen molar-refractivity contribution in [3.8, 4) is 0 Å². The Morgan fingerprint density at radius 1 is 1.33 bits per heavy atom. The minimum absolute atomic E-state index is 0.103. The Hall–Kier alpha value is -2.04. The van der Waals surface area contributed by atoms with Crippen molar-refractivity contribution in [3.63, 3.8) is 0 Å². The van der Waals surface area contributed by atoms with E-state index in [4.69, 9.17) is 10.9 Å². The number of hydrogen-bond acceptors (Lipinski definition) is 3. The molecule has 1 aromatic rings. The number of nitrogens with two attached hydrogens (primary N) is 1. The second kappa shape index (κ2) is 7.11. The molecule has 0 heterocycles. The summed E-state index contributed by atoms with van der Waals surface area (Å²) in [6.45, 7) is 9.01. The van der Waals surface area contributed by atoms with E-state index in [1.165, 1.54) is 0 Å². The van der Waals surface area contributed by atoms with Gasteiger partial charge in [-0.25, -0.2) is 0 Å². The predicted octanol–water partition coefficient (Wildman–Crippen LogP) is 2.32. The van der Waals surface area contributed by atoms with Crippen LogP contribution in [0.1, 0.15) is 39.2 Å². The average Bonchev–Trinajstić information content (AvgIpc) is 2.44. The number of hydrogen-bond donors (Lipinski definition) is 3. The average molecular weight is 291 g/mol. The number of nitrogens with one attached hydrogen (secondary N) is 1. The number of amides is 1. The molecule has 0 saturated carbocycles. The normalized spacial score (nSPS) is 15.3. The summed E-state index contributed by atoms with van der Waals surface area (Å²) in [7, 11) is 0. The minimum Gasteiger partial charge on any atom is -0.409 e. The number of carbonyl (C=O) groups excluding carboxylic acids is 1. The number of benzene rings is 1. The van der Waals surface area contributed by atoms with Crippen LogP contribution in [0, 0.1) is 11.3 Å². The first-order valence-corrected chi connectivity index (χ1v) is 7.07. The Bertz CT molecular complexity index is 492. The smallest absolute Gasteiger partial charge is 0.235 e. The van der Waals surface area contributed by atoms with Crippen molar-refractivity contribution in [1.82, 2.24) is 5.32 Å². The highest BCUT2D eigenvalue weighted by Crippen LogP contribution is 2.24. The fourth-order valence-electron chi connectivity index (χ4n) is 1.82. The van der Waals surface area contributed by atoms with Crippen molar-refractivity contribution < 1.29 is 10.0 Å². The molecule has 0 spiro atoms. The van der Waals surface area contributed by atoms with Gasteiger partial charge in [0, 0.05) is 6.54 Å². The van der Waals surface area contributed by atoms with E-state index in [9.17, 15) is 4.79 Å². The van der Waals surface area contributed by atoms with E-state index in [-0.39, 0.29) is 17.2 Å². The standard InChI is InChI=1S/C16H25N3O2/c1-11(16(2,3)4)10-18-15(20)13(14(17)19-21)12-8-6-5-7-9-12/h5-9,11,13,21H,10H2,1-4H3,(H2,17,19)(H,18,20). The molecule has 2 atom stereocenters. The van der Waals surface area contributed by atoms with E-state index in [1.54, 1.807) is 12.1 Å². The van der Waals surface area contributed by atoms with Gasteiger partial charge in [-0.3, -0.25) is 4.79 Å². The van der Waals surface area contributed by atoms with Gasteiger partial charge >= 0.3 is 0 Å².